The highest BCUT2D eigenvalue weighted by atomic mass is 16.2. The van der Waals surface area contributed by atoms with Crippen molar-refractivity contribution in [1.82, 2.24) is 10.6 Å². The van der Waals surface area contributed by atoms with Crippen LogP contribution < -0.4 is 10.6 Å². The van der Waals surface area contributed by atoms with E-state index in [0.717, 1.165) is 25.4 Å². The SMILES string of the molecule is CCC1CCC(NC(=O)C2CNCc3ccccc32)C1C. The standard InChI is InChI=1S/C18H26N2O/c1-3-13-8-9-17(12(13)2)20-18(21)16-11-19-10-14-6-4-5-7-15(14)16/h4-7,12-13,16-17,19H,3,8-11H2,1-2H3,(H,20,21). The molecule has 21 heavy (non-hydrogen) atoms. The van der Waals surface area contributed by atoms with Crippen molar-refractivity contribution in [3.63, 3.8) is 0 Å². The molecule has 1 amide bonds. The van der Waals surface area contributed by atoms with Gasteiger partial charge in [-0.25, -0.2) is 0 Å². The van der Waals surface area contributed by atoms with E-state index in [9.17, 15) is 4.79 Å². The lowest BCUT2D eigenvalue weighted by Gasteiger charge is -2.28. The van der Waals surface area contributed by atoms with Gasteiger partial charge < -0.3 is 10.6 Å². The predicted molar refractivity (Wildman–Crippen MR) is 85.0 cm³/mol. The van der Waals surface area contributed by atoms with Crippen molar-refractivity contribution < 1.29 is 4.79 Å². The zero-order chi connectivity index (χ0) is 14.8. The molecule has 2 N–H and O–H groups in total. The van der Waals surface area contributed by atoms with Crippen molar-refractivity contribution in [2.75, 3.05) is 6.54 Å². The Labute approximate surface area is 127 Å². The van der Waals surface area contributed by atoms with Gasteiger partial charge in [-0.2, -0.15) is 0 Å². The molecule has 0 saturated heterocycles. The molecule has 0 radical (unpaired) electrons. The molecule has 1 fully saturated rings. The molecule has 0 bridgehead atoms. The fourth-order valence-corrected chi connectivity index (χ4v) is 4.04. The van der Waals surface area contributed by atoms with Gasteiger partial charge in [0.25, 0.3) is 0 Å². The number of benzene rings is 1. The summed E-state index contributed by atoms with van der Waals surface area (Å²) >= 11 is 0. The van der Waals surface area contributed by atoms with Gasteiger partial charge in [0.2, 0.25) is 5.91 Å². The van der Waals surface area contributed by atoms with Gasteiger partial charge >= 0.3 is 0 Å². The molecule has 1 saturated carbocycles. The predicted octanol–water partition coefficient (Wildman–Crippen LogP) is 2.81. The summed E-state index contributed by atoms with van der Waals surface area (Å²) < 4.78 is 0. The number of carbonyl (C=O) groups excluding carboxylic acids is 1. The second-order valence-corrected chi connectivity index (χ2v) is 6.60. The number of nitrogens with one attached hydrogen (secondary N) is 2. The van der Waals surface area contributed by atoms with Crippen molar-refractivity contribution in [1.29, 1.82) is 0 Å². The third-order valence-electron chi connectivity index (χ3n) is 5.49. The number of fused-ring (bicyclic) bond motifs is 1. The van der Waals surface area contributed by atoms with Crippen LogP contribution in [0.15, 0.2) is 24.3 Å². The van der Waals surface area contributed by atoms with Gasteiger partial charge in [0.1, 0.15) is 0 Å². The van der Waals surface area contributed by atoms with Gasteiger partial charge in [-0.05, 0) is 35.8 Å². The molecule has 4 unspecified atom stereocenters. The highest BCUT2D eigenvalue weighted by molar-refractivity contribution is 5.85. The molecule has 3 nitrogen and oxygen atoms in total. The Morgan fingerprint density at radius 2 is 2.14 bits per heavy atom. The van der Waals surface area contributed by atoms with Crippen molar-refractivity contribution in [3.05, 3.63) is 35.4 Å². The van der Waals surface area contributed by atoms with Crippen LogP contribution in [0.5, 0.6) is 0 Å². The minimum Gasteiger partial charge on any atom is -0.353 e. The van der Waals surface area contributed by atoms with Crippen LogP contribution >= 0.6 is 0 Å². The highest BCUT2D eigenvalue weighted by Gasteiger charge is 2.34. The lowest BCUT2D eigenvalue weighted by atomic mass is 9.89. The van der Waals surface area contributed by atoms with E-state index < -0.39 is 0 Å². The van der Waals surface area contributed by atoms with Crippen molar-refractivity contribution >= 4 is 5.91 Å². The molecular formula is C18H26N2O. The fraction of sp³-hybridized carbons (Fsp3) is 0.611. The van der Waals surface area contributed by atoms with Crippen LogP contribution in [0.1, 0.15) is 50.2 Å². The average Bonchev–Trinajstić information content (AvgIpc) is 2.87. The minimum atomic E-state index is -0.0390. The van der Waals surface area contributed by atoms with Gasteiger partial charge in [0.05, 0.1) is 5.92 Å². The maximum Gasteiger partial charge on any atom is 0.229 e. The van der Waals surface area contributed by atoms with E-state index in [1.165, 1.54) is 24.0 Å². The van der Waals surface area contributed by atoms with Crippen LogP contribution in [0.2, 0.25) is 0 Å². The highest BCUT2D eigenvalue weighted by Crippen LogP contribution is 2.34. The Morgan fingerprint density at radius 3 is 2.90 bits per heavy atom. The van der Waals surface area contributed by atoms with E-state index in [1.54, 1.807) is 0 Å². The number of hydrogen-bond donors (Lipinski definition) is 2. The smallest absolute Gasteiger partial charge is 0.229 e. The van der Waals surface area contributed by atoms with Crippen molar-refractivity contribution in [2.45, 2.75) is 51.6 Å². The molecule has 1 aromatic rings. The Morgan fingerprint density at radius 1 is 1.33 bits per heavy atom. The van der Waals surface area contributed by atoms with Crippen LogP contribution in [-0.4, -0.2) is 18.5 Å². The van der Waals surface area contributed by atoms with E-state index in [2.05, 4.69) is 36.6 Å². The van der Waals surface area contributed by atoms with E-state index in [1.807, 2.05) is 12.1 Å². The summed E-state index contributed by atoms with van der Waals surface area (Å²) in [5.41, 5.74) is 2.46. The van der Waals surface area contributed by atoms with Crippen LogP contribution in [0, 0.1) is 11.8 Å². The quantitative estimate of drug-likeness (QED) is 0.897. The summed E-state index contributed by atoms with van der Waals surface area (Å²) in [7, 11) is 0. The average molecular weight is 286 g/mol. The summed E-state index contributed by atoms with van der Waals surface area (Å²) in [6, 6.07) is 8.67. The zero-order valence-corrected chi connectivity index (χ0v) is 13.1. The normalized spacial score (nSPS) is 31.7. The molecular weight excluding hydrogens is 260 g/mol. The number of carbonyl (C=O) groups is 1. The molecule has 1 aliphatic carbocycles. The summed E-state index contributed by atoms with van der Waals surface area (Å²) in [5.74, 6) is 1.53. The molecule has 1 aromatic carbocycles. The van der Waals surface area contributed by atoms with E-state index >= 15 is 0 Å². The first-order chi connectivity index (χ1) is 10.2. The molecule has 3 heteroatoms. The number of rotatable bonds is 3. The third-order valence-corrected chi connectivity index (χ3v) is 5.49. The van der Waals surface area contributed by atoms with Gasteiger partial charge in [-0.1, -0.05) is 44.5 Å². The molecule has 0 spiro atoms. The van der Waals surface area contributed by atoms with Crippen molar-refractivity contribution in [3.8, 4) is 0 Å². The van der Waals surface area contributed by atoms with Crippen LogP contribution in [0.3, 0.4) is 0 Å². The Balaban J connectivity index is 1.70. The maximum absolute atomic E-state index is 12.7. The summed E-state index contributed by atoms with van der Waals surface area (Å²) in [5, 5.41) is 6.69. The van der Waals surface area contributed by atoms with Gasteiger partial charge in [-0.3, -0.25) is 4.79 Å². The molecule has 1 heterocycles. The molecule has 114 valence electrons. The van der Waals surface area contributed by atoms with E-state index in [4.69, 9.17) is 0 Å². The largest absolute Gasteiger partial charge is 0.353 e. The van der Waals surface area contributed by atoms with Gasteiger partial charge in [-0.15, -0.1) is 0 Å². The number of amides is 1. The van der Waals surface area contributed by atoms with Crippen LogP contribution in [0.4, 0.5) is 0 Å². The summed E-state index contributed by atoms with van der Waals surface area (Å²) in [4.78, 5) is 12.7. The van der Waals surface area contributed by atoms with E-state index in [-0.39, 0.29) is 11.8 Å². The maximum atomic E-state index is 12.7. The monoisotopic (exact) mass is 286 g/mol. The van der Waals surface area contributed by atoms with Crippen LogP contribution in [0.25, 0.3) is 0 Å². The molecule has 3 rings (SSSR count). The Hall–Kier alpha value is -1.35. The molecule has 4 atom stereocenters. The second kappa shape index (κ2) is 6.18. The topological polar surface area (TPSA) is 41.1 Å². The van der Waals surface area contributed by atoms with Crippen molar-refractivity contribution in [2.24, 2.45) is 11.8 Å². The second-order valence-electron chi connectivity index (χ2n) is 6.60. The molecule has 1 aliphatic heterocycles. The lowest BCUT2D eigenvalue weighted by Crippen LogP contribution is -2.44. The zero-order valence-electron chi connectivity index (χ0n) is 13.1. The molecule has 2 aliphatic rings. The number of hydrogen-bond acceptors (Lipinski definition) is 2. The first kappa shape index (κ1) is 14.6. The first-order valence-corrected chi connectivity index (χ1v) is 8.29. The molecule has 0 aromatic heterocycles. The van der Waals surface area contributed by atoms with Gasteiger partial charge in [0, 0.05) is 19.1 Å². The fourth-order valence-electron chi connectivity index (χ4n) is 4.04. The minimum absolute atomic E-state index is 0.0390. The lowest BCUT2D eigenvalue weighted by molar-refractivity contribution is -0.123. The van der Waals surface area contributed by atoms with E-state index in [0.29, 0.717) is 12.0 Å². The van der Waals surface area contributed by atoms with Crippen LogP contribution in [-0.2, 0) is 11.3 Å². The summed E-state index contributed by atoms with van der Waals surface area (Å²) in [6.45, 7) is 6.17. The van der Waals surface area contributed by atoms with Gasteiger partial charge in [0.15, 0.2) is 0 Å². The third kappa shape index (κ3) is 2.84. The summed E-state index contributed by atoms with van der Waals surface area (Å²) in [6.07, 6.45) is 3.61. The Bertz CT molecular complexity index is 514. The first-order valence-electron chi connectivity index (χ1n) is 8.29. The Kier molecular flexibility index (Phi) is 4.29.